The van der Waals surface area contributed by atoms with Gasteiger partial charge in [0.05, 0.1) is 18.5 Å². The second kappa shape index (κ2) is 8.43. The van der Waals surface area contributed by atoms with Gasteiger partial charge in [0.1, 0.15) is 5.75 Å². The minimum Gasteiger partial charge on any atom is -0.482 e. The number of methoxy groups -OCH3 is 1. The van der Waals surface area contributed by atoms with E-state index in [1.54, 1.807) is 26.4 Å². The molecule has 0 aliphatic heterocycles. The maximum Gasteiger partial charge on any atom is 0.257 e. The van der Waals surface area contributed by atoms with E-state index in [1.807, 2.05) is 6.07 Å². The van der Waals surface area contributed by atoms with E-state index < -0.39 is 0 Å². The van der Waals surface area contributed by atoms with E-state index in [-0.39, 0.29) is 12.5 Å². The highest BCUT2D eigenvalue weighted by Crippen LogP contribution is 2.08. The van der Waals surface area contributed by atoms with E-state index in [9.17, 15) is 4.79 Å². The van der Waals surface area contributed by atoms with Gasteiger partial charge >= 0.3 is 0 Å². The molecule has 6 nitrogen and oxygen atoms in total. The number of carbonyl (C=O) groups excluding carboxylic acids is 1. The third-order valence-corrected chi connectivity index (χ3v) is 2.24. The predicted molar refractivity (Wildman–Crippen MR) is 67.4 cm³/mol. The molecular formula is C12H19N3O3. The Kier molecular flexibility index (Phi) is 6.75. The molecular weight excluding hydrogens is 234 g/mol. The van der Waals surface area contributed by atoms with Gasteiger partial charge in [-0.3, -0.25) is 9.78 Å². The molecule has 1 aromatic heterocycles. The van der Waals surface area contributed by atoms with E-state index in [2.05, 4.69) is 15.6 Å². The number of likely N-dealkylation sites (N-methyl/N-ethyl adjacent to an activating group) is 1. The molecule has 1 aromatic rings. The molecule has 0 aliphatic rings. The molecule has 1 heterocycles. The van der Waals surface area contributed by atoms with E-state index in [0.717, 1.165) is 12.2 Å². The van der Waals surface area contributed by atoms with Crippen LogP contribution in [0.4, 0.5) is 0 Å². The van der Waals surface area contributed by atoms with Gasteiger partial charge < -0.3 is 20.1 Å². The summed E-state index contributed by atoms with van der Waals surface area (Å²) < 4.78 is 10.2. The third-order valence-electron chi connectivity index (χ3n) is 2.24. The number of hydrogen-bond acceptors (Lipinski definition) is 5. The van der Waals surface area contributed by atoms with Crippen LogP contribution < -0.4 is 15.4 Å². The average molecular weight is 253 g/mol. The lowest BCUT2D eigenvalue weighted by Gasteiger charge is -2.06. The van der Waals surface area contributed by atoms with Crippen molar-refractivity contribution in [3.63, 3.8) is 0 Å². The number of nitrogens with zero attached hydrogens (tertiary/aromatic N) is 1. The molecule has 2 N–H and O–H groups in total. The minimum absolute atomic E-state index is 0.00359. The number of amides is 1. The van der Waals surface area contributed by atoms with Gasteiger partial charge in [0.15, 0.2) is 6.61 Å². The summed E-state index contributed by atoms with van der Waals surface area (Å²) in [5.41, 5.74) is 0.915. The van der Waals surface area contributed by atoms with Crippen LogP contribution in [0.1, 0.15) is 5.69 Å². The summed E-state index contributed by atoms with van der Waals surface area (Å²) in [4.78, 5) is 15.2. The minimum atomic E-state index is -0.166. The Hall–Kier alpha value is -1.66. The zero-order valence-corrected chi connectivity index (χ0v) is 10.7. The number of ether oxygens (including phenoxy) is 2. The van der Waals surface area contributed by atoms with Crippen molar-refractivity contribution in [2.45, 2.75) is 6.54 Å². The van der Waals surface area contributed by atoms with Crippen molar-refractivity contribution >= 4 is 5.91 Å². The second-order valence-corrected chi connectivity index (χ2v) is 3.62. The first kappa shape index (κ1) is 14.4. The molecule has 0 bridgehead atoms. The molecule has 0 fully saturated rings. The lowest BCUT2D eigenvalue weighted by atomic mass is 10.3. The summed E-state index contributed by atoms with van der Waals surface area (Å²) in [7, 11) is 3.23. The monoisotopic (exact) mass is 253 g/mol. The Bertz CT molecular complexity index is 354. The summed E-state index contributed by atoms with van der Waals surface area (Å²) in [6.45, 7) is 2.14. The first-order valence-corrected chi connectivity index (χ1v) is 5.74. The Morgan fingerprint density at radius 1 is 1.44 bits per heavy atom. The number of carbonyl (C=O) groups is 1. The molecule has 0 saturated carbocycles. The topological polar surface area (TPSA) is 72.5 Å². The maximum atomic E-state index is 11.0. The van der Waals surface area contributed by atoms with Crippen LogP contribution in [0.3, 0.4) is 0 Å². The van der Waals surface area contributed by atoms with Gasteiger partial charge in [-0.2, -0.15) is 0 Å². The Balaban J connectivity index is 2.31. The second-order valence-electron chi connectivity index (χ2n) is 3.62. The largest absolute Gasteiger partial charge is 0.482 e. The Morgan fingerprint density at radius 2 is 2.28 bits per heavy atom. The molecule has 1 amide bonds. The fourth-order valence-electron chi connectivity index (χ4n) is 1.21. The first-order chi connectivity index (χ1) is 8.76. The molecule has 0 aromatic carbocycles. The quantitative estimate of drug-likeness (QED) is 0.635. The highest BCUT2D eigenvalue weighted by Gasteiger charge is 2.00. The van der Waals surface area contributed by atoms with Crippen LogP contribution in [0.25, 0.3) is 0 Å². The molecule has 0 radical (unpaired) electrons. The number of pyridine rings is 1. The predicted octanol–water partition coefficient (Wildman–Crippen LogP) is -0.0576. The van der Waals surface area contributed by atoms with Crippen LogP contribution >= 0.6 is 0 Å². The van der Waals surface area contributed by atoms with Crippen LogP contribution in [0.2, 0.25) is 0 Å². The van der Waals surface area contributed by atoms with Crippen LogP contribution in [-0.2, 0) is 16.1 Å². The van der Waals surface area contributed by atoms with E-state index in [1.165, 1.54) is 0 Å². The number of rotatable bonds is 8. The van der Waals surface area contributed by atoms with Crippen molar-refractivity contribution in [1.29, 1.82) is 0 Å². The van der Waals surface area contributed by atoms with Crippen molar-refractivity contribution in [3.05, 3.63) is 24.0 Å². The summed E-state index contributed by atoms with van der Waals surface area (Å²) >= 11 is 0. The highest BCUT2D eigenvalue weighted by atomic mass is 16.5. The number of nitrogens with one attached hydrogen (secondary N) is 2. The van der Waals surface area contributed by atoms with Gasteiger partial charge in [-0.15, -0.1) is 0 Å². The molecule has 18 heavy (non-hydrogen) atoms. The molecule has 0 saturated heterocycles. The Labute approximate surface area is 107 Å². The lowest BCUT2D eigenvalue weighted by molar-refractivity contribution is -0.122. The van der Waals surface area contributed by atoms with Gasteiger partial charge in [-0.1, -0.05) is 0 Å². The van der Waals surface area contributed by atoms with Crippen molar-refractivity contribution in [2.75, 3.05) is 33.9 Å². The molecule has 0 aliphatic carbocycles. The van der Waals surface area contributed by atoms with E-state index in [4.69, 9.17) is 9.47 Å². The zero-order valence-electron chi connectivity index (χ0n) is 10.7. The zero-order chi connectivity index (χ0) is 13.2. The summed E-state index contributed by atoms with van der Waals surface area (Å²) in [6.07, 6.45) is 1.61. The molecule has 0 atom stereocenters. The molecule has 0 spiro atoms. The summed E-state index contributed by atoms with van der Waals surface area (Å²) in [6, 6.07) is 3.66. The van der Waals surface area contributed by atoms with Gasteiger partial charge in [0.25, 0.3) is 5.91 Å². The van der Waals surface area contributed by atoms with Crippen LogP contribution in [0, 0.1) is 0 Å². The maximum absolute atomic E-state index is 11.0. The van der Waals surface area contributed by atoms with Crippen molar-refractivity contribution in [1.82, 2.24) is 15.6 Å². The first-order valence-electron chi connectivity index (χ1n) is 5.74. The van der Waals surface area contributed by atoms with Crippen molar-refractivity contribution < 1.29 is 14.3 Å². The van der Waals surface area contributed by atoms with Crippen molar-refractivity contribution in [2.24, 2.45) is 0 Å². The van der Waals surface area contributed by atoms with Crippen LogP contribution in [0.15, 0.2) is 18.3 Å². The van der Waals surface area contributed by atoms with Crippen molar-refractivity contribution in [3.8, 4) is 5.75 Å². The van der Waals surface area contributed by atoms with E-state index >= 15 is 0 Å². The fourth-order valence-corrected chi connectivity index (χ4v) is 1.21. The molecule has 0 unspecified atom stereocenters. The summed E-state index contributed by atoms with van der Waals surface area (Å²) in [5, 5.41) is 5.67. The normalized spacial score (nSPS) is 10.1. The number of aromatic nitrogens is 1. The molecule has 100 valence electrons. The molecule has 1 rings (SSSR count). The lowest BCUT2D eigenvalue weighted by Crippen LogP contribution is -2.24. The SMILES string of the molecule is CNC(=O)COc1ccc(CNCCOC)nc1. The van der Waals surface area contributed by atoms with E-state index in [0.29, 0.717) is 18.9 Å². The van der Waals surface area contributed by atoms with Gasteiger partial charge in [0.2, 0.25) is 0 Å². The van der Waals surface area contributed by atoms with Gasteiger partial charge in [-0.25, -0.2) is 0 Å². The van der Waals surface area contributed by atoms with Crippen LogP contribution in [0.5, 0.6) is 5.75 Å². The standard InChI is InChI=1S/C12H19N3O3/c1-13-12(16)9-18-11-4-3-10(15-8-11)7-14-5-6-17-2/h3-4,8,14H,5-7,9H2,1-2H3,(H,13,16). The van der Waals surface area contributed by atoms with Gasteiger partial charge in [-0.05, 0) is 12.1 Å². The highest BCUT2D eigenvalue weighted by molar-refractivity contribution is 5.77. The van der Waals surface area contributed by atoms with Crippen LogP contribution in [-0.4, -0.2) is 44.8 Å². The molecule has 6 heteroatoms. The smallest absolute Gasteiger partial charge is 0.257 e. The number of hydrogen-bond donors (Lipinski definition) is 2. The van der Waals surface area contributed by atoms with Gasteiger partial charge in [0, 0.05) is 27.2 Å². The Morgan fingerprint density at radius 3 is 2.89 bits per heavy atom. The average Bonchev–Trinajstić information content (AvgIpc) is 2.42. The fraction of sp³-hybridized carbons (Fsp3) is 0.500. The summed E-state index contributed by atoms with van der Waals surface area (Å²) in [5.74, 6) is 0.416. The third kappa shape index (κ3) is 5.60.